The van der Waals surface area contributed by atoms with Gasteiger partial charge < -0.3 is 20.1 Å². The fourth-order valence-electron chi connectivity index (χ4n) is 3.26. The van der Waals surface area contributed by atoms with E-state index in [2.05, 4.69) is 43.2 Å². The van der Waals surface area contributed by atoms with Gasteiger partial charge in [-0.05, 0) is 38.8 Å². The highest BCUT2D eigenvalue weighted by molar-refractivity contribution is 14.0. The lowest BCUT2D eigenvalue weighted by atomic mass is 10.1. The molecule has 2 N–H and O–H groups in total. The van der Waals surface area contributed by atoms with E-state index in [0.29, 0.717) is 24.5 Å². The van der Waals surface area contributed by atoms with Gasteiger partial charge in [-0.15, -0.1) is 24.0 Å². The van der Waals surface area contributed by atoms with Crippen molar-refractivity contribution in [3.8, 4) is 11.5 Å². The summed E-state index contributed by atoms with van der Waals surface area (Å²) in [6.07, 6.45) is 0. The van der Waals surface area contributed by atoms with E-state index >= 15 is 0 Å². The first kappa shape index (κ1) is 23.8. The molecule has 0 spiro atoms. The summed E-state index contributed by atoms with van der Waals surface area (Å²) in [5.41, 5.74) is 1.04. The summed E-state index contributed by atoms with van der Waals surface area (Å²) >= 11 is 0. The summed E-state index contributed by atoms with van der Waals surface area (Å²) in [6.45, 7) is 12.5. The van der Waals surface area contributed by atoms with Crippen LogP contribution in [0.4, 0.5) is 0 Å². The number of benzene rings is 1. The van der Waals surface area contributed by atoms with Gasteiger partial charge in [0.15, 0.2) is 5.96 Å². The first-order valence-electron chi connectivity index (χ1n) is 9.48. The Bertz CT molecular complexity index is 610. The van der Waals surface area contributed by atoms with Crippen LogP contribution in [0, 0.1) is 5.92 Å². The van der Waals surface area contributed by atoms with Crippen LogP contribution in [0.2, 0.25) is 0 Å². The van der Waals surface area contributed by atoms with Crippen LogP contribution in [0.5, 0.6) is 11.5 Å². The molecule has 0 amide bonds. The van der Waals surface area contributed by atoms with Crippen LogP contribution in [0.25, 0.3) is 0 Å². The van der Waals surface area contributed by atoms with E-state index in [4.69, 9.17) is 14.5 Å². The van der Waals surface area contributed by atoms with Crippen molar-refractivity contribution in [3.05, 3.63) is 23.8 Å². The Hall–Kier alpha value is -1.22. The zero-order chi connectivity index (χ0) is 19.1. The number of likely N-dealkylation sites (tertiary alicyclic amines) is 1. The highest BCUT2D eigenvalue weighted by Crippen LogP contribution is 2.25. The second-order valence-electron chi connectivity index (χ2n) is 7.15. The van der Waals surface area contributed by atoms with Crippen LogP contribution in [0.3, 0.4) is 0 Å². The van der Waals surface area contributed by atoms with Gasteiger partial charge in [0, 0.05) is 43.3 Å². The Kier molecular flexibility index (Phi) is 10.2. The topological polar surface area (TPSA) is 58.1 Å². The maximum Gasteiger partial charge on any atom is 0.191 e. The van der Waals surface area contributed by atoms with Crippen molar-refractivity contribution in [1.82, 2.24) is 15.5 Å². The molecule has 2 rings (SSSR count). The molecule has 6 nitrogen and oxygen atoms in total. The average Bonchev–Trinajstić information content (AvgIpc) is 3.00. The number of ether oxygens (including phenoxy) is 2. The lowest BCUT2D eigenvalue weighted by Gasteiger charge is -2.22. The zero-order valence-electron chi connectivity index (χ0n) is 17.4. The second-order valence-corrected chi connectivity index (χ2v) is 7.15. The van der Waals surface area contributed by atoms with Crippen LogP contribution in [0.15, 0.2) is 23.2 Å². The minimum Gasteiger partial charge on any atom is -0.497 e. The van der Waals surface area contributed by atoms with E-state index in [1.807, 2.05) is 18.2 Å². The summed E-state index contributed by atoms with van der Waals surface area (Å²) in [6, 6.07) is 6.82. The molecule has 0 saturated carbocycles. The number of methoxy groups -OCH3 is 2. The maximum atomic E-state index is 5.47. The molecular weight excluding hydrogens is 455 g/mol. The molecule has 0 aromatic heterocycles. The summed E-state index contributed by atoms with van der Waals surface area (Å²) in [5.74, 6) is 3.03. The Morgan fingerprint density at radius 3 is 2.56 bits per heavy atom. The normalized spacial score (nSPS) is 20.3. The van der Waals surface area contributed by atoms with Crippen molar-refractivity contribution in [1.29, 1.82) is 0 Å². The molecule has 1 fully saturated rings. The lowest BCUT2D eigenvalue weighted by molar-refractivity contribution is 0.265. The molecule has 2 atom stereocenters. The predicted molar refractivity (Wildman–Crippen MR) is 123 cm³/mol. The van der Waals surface area contributed by atoms with E-state index in [1.165, 1.54) is 0 Å². The van der Waals surface area contributed by atoms with E-state index in [-0.39, 0.29) is 24.0 Å². The Morgan fingerprint density at radius 1 is 1.26 bits per heavy atom. The minimum absolute atomic E-state index is 0. The number of hydrogen-bond donors (Lipinski definition) is 2. The average molecular weight is 490 g/mol. The second kappa shape index (κ2) is 11.6. The van der Waals surface area contributed by atoms with E-state index in [0.717, 1.165) is 42.7 Å². The van der Waals surface area contributed by atoms with Gasteiger partial charge in [-0.1, -0.05) is 6.92 Å². The molecule has 0 aliphatic carbocycles. The zero-order valence-corrected chi connectivity index (χ0v) is 19.7. The third-order valence-electron chi connectivity index (χ3n) is 4.94. The molecule has 27 heavy (non-hydrogen) atoms. The van der Waals surface area contributed by atoms with E-state index in [1.54, 1.807) is 14.2 Å². The first-order valence-corrected chi connectivity index (χ1v) is 9.48. The fourth-order valence-corrected chi connectivity index (χ4v) is 3.26. The molecule has 1 heterocycles. The van der Waals surface area contributed by atoms with Crippen molar-refractivity contribution in [3.63, 3.8) is 0 Å². The third kappa shape index (κ3) is 6.71. The van der Waals surface area contributed by atoms with Gasteiger partial charge in [0.25, 0.3) is 0 Å². The van der Waals surface area contributed by atoms with E-state index < -0.39 is 0 Å². The monoisotopic (exact) mass is 490 g/mol. The lowest BCUT2D eigenvalue weighted by Crippen LogP contribution is -2.46. The van der Waals surface area contributed by atoms with Crippen LogP contribution in [-0.2, 0) is 6.54 Å². The number of aliphatic imine (C=N–C) groups is 1. The van der Waals surface area contributed by atoms with Crippen molar-refractivity contribution in [2.75, 3.05) is 33.9 Å². The van der Waals surface area contributed by atoms with Gasteiger partial charge in [-0.25, -0.2) is 4.99 Å². The third-order valence-corrected chi connectivity index (χ3v) is 4.94. The smallest absolute Gasteiger partial charge is 0.191 e. The predicted octanol–water partition coefficient (Wildman–Crippen LogP) is 3.11. The van der Waals surface area contributed by atoms with Crippen LogP contribution in [-0.4, -0.2) is 56.8 Å². The molecule has 2 unspecified atom stereocenters. The molecule has 154 valence electrons. The van der Waals surface area contributed by atoms with Gasteiger partial charge in [0.1, 0.15) is 11.5 Å². The molecule has 7 heteroatoms. The summed E-state index contributed by atoms with van der Waals surface area (Å²) < 4.78 is 10.7. The number of nitrogens with one attached hydrogen (secondary N) is 2. The Morgan fingerprint density at radius 2 is 2.00 bits per heavy atom. The number of hydrogen-bond acceptors (Lipinski definition) is 4. The Labute approximate surface area is 181 Å². The highest BCUT2D eigenvalue weighted by atomic mass is 127. The van der Waals surface area contributed by atoms with Crippen molar-refractivity contribution in [2.45, 2.75) is 46.3 Å². The highest BCUT2D eigenvalue weighted by Gasteiger charge is 2.31. The number of rotatable bonds is 7. The number of guanidine groups is 1. The Balaban J connectivity index is 0.00000364. The summed E-state index contributed by atoms with van der Waals surface area (Å²) in [4.78, 5) is 7.28. The minimum atomic E-state index is 0. The summed E-state index contributed by atoms with van der Waals surface area (Å²) in [5, 5.41) is 6.97. The van der Waals surface area contributed by atoms with Crippen LogP contribution >= 0.6 is 24.0 Å². The van der Waals surface area contributed by atoms with Gasteiger partial charge in [-0.3, -0.25) is 4.90 Å². The van der Waals surface area contributed by atoms with Crippen molar-refractivity contribution >= 4 is 29.9 Å². The van der Waals surface area contributed by atoms with E-state index in [9.17, 15) is 0 Å². The number of halogens is 1. The molecule has 1 aromatic rings. The van der Waals surface area contributed by atoms with Gasteiger partial charge in [-0.2, -0.15) is 0 Å². The fraction of sp³-hybridized carbons (Fsp3) is 0.650. The van der Waals surface area contributed by atoms with Crippen molar-refractivity contribution < 1.29 is 9.47 Å². The summed E-state index contributed by atoms with van der Waals surface area (Å²) in [7, 11) is 3.33. The first-order chi connectivity index (χ1) is 12.5. The molecule has 0 bridgehead atoms. The number of nitrogens with zero attached hydrogens (tertiary/aromatic N) is 2. The molecular formula is C20H35IN4O2. The molecule has 1 aromatic carbocycles. The molecule has 1 saturated heterocycles. The standard InChI is InChI=1S/C20H34N4O2.HI/c1-7-21-20(23-18-13-24(14(2)3)12-15(18)4)22-11-16-8-9-17(25-5)10-19(16)26-6;/h8-10,14-15,18H,7,11-13H2,1-6H3,(H2,21,22,23);1H. The maximum absolute atomic E-state index is 5.47. The van der Waals surface area contributed by atoms with Gasteiger partial charge >= 0.3 is 0 Å². The van der Waals surface area contributed by atoms with Crippen LogP contribution in [0.1, 0.15) is 33.3 Å². The molecule has 1 aliphatic heterocycles. The van der Waals surface area contributed by atoms with Gasteiger partial charge in [0.2, 0.25) is 0 Å². The van der Waals surface area contributed by atoms with Crippen LogP contribution < -0.4 is 20.1 Å². The molecule has 1 aliphatic rings. The molecule has 0 radical (unpaired) electrons. The largest absolute Gasteiger partial charge is 0.497 e. The SMILES string of the molecule is CCNC(=NCc1ccc(OC)cc1OC)NC1CN(C(C)C)CC1C.I. The quantitative estimate of drug-likeness (QED) is 0.350. The van der Waals surface area contributed by atoms with Gasteiger partial charge in [0.05, 0.1) is 20.8 Å². The van der Waals surface area contributed by atoms with Crippen molar-refractivity contribution in [2.24, 2.45) is 10.9 Å².